The first-order valence-corrected chi connectivity index (χ1v) is 5.58. The predicted octanol–water partition coefficient (Wildman–Crippen LogP) is 1.29. The molecule has 2 aromatic rings. The number of nitrogens with zero attached hydrogens (tertiary/aromatic N) is 2. The lowest BCUT2D eigenvalue weighted by Gasteiger charge is -2.12. The van der Waals surface area contributed by atoms with Gasteiger partial charge < -0.3 is 0 Å². The van der Waals surface area contributed by atoms with Crippen molar-refractivity contribution in [3.05, 3.63) is 46.7 Å². The molecular formula is C10H12N4S. The molecule has 5 heteroatoms. The van der Waals surface area contributed by atoms with E-state index in [2.05, 4.69) is 15.4 Å². The SMILES string of the molecule is NNC(Cc1ccccn1)c1cscn1. The van der Waals surface area contributed by atoms with Crippen LogP contribution in [0.4, 0.5) is 0 Å². The van der Waals surface area contributed by atoms with Gasteiger partial charge in [0.15, 0.2) is 0 Å². The van der Waals surface area contributed by atoms with E-state index in [1.807, 2.05) is 23.6 Å². The minimum Gasteiger partial charge on any atom is -0.271 e. The number of rotatable bonds is 4. The van der Waals surface area contributed by atoms with Crippen molar-refractivity contribution in [3.63, 3.8) is 0 Å². The van der Waals surface area contributed by atoms with Crippen molar-refractivity contribution in [2.45, 2.75) is 12.5 Å². The van der Waals surface area contributed by atoms with Gasteiger partial charge in [0, 0.05) is 23.7 Å². The molecule has 0 saturated carbocycles. The molecule has 0 fully saturated rings. The fourth-order valence-corrected chi connectivity index (χ4v) is 1.98. The molecule has 0 saturated heterocycles. The van der Waals surface area contributed by atoms with Crippen molar-refractivity contribution in [2.75, 3.05) is 0 Å². The summed E-state index contributed by atoms with van der Waals surface area (Å²) in [5.41, 5.74) is 6.53. The summed E-state index contributed by atoms with van der Waals surface area (Å²) in [6, 6.07) is 5.89. The minimum absolute atomic E-state index is 0.0335. The number of pyridine rings is 1. The third kappa shape index (κ3) is 2.59. The van der Waals surface area contributed by atoms with Gasteiger partial charge in [-0.05, 0) is 12.1 Å². The second-order valence-electron chi connectivity index (χ2n) is 3.16. The molecule has 0 radical (unpaired) electrons. The van der Waals surface area contributed by atoms with Gasteiger partial charge in [0.25, 0.3) is 0 Å². The van der Waals surface area contributed by atoms with Crippen molar-refractivity contribution in [3.8, 4) is 0 Å². The number of hydrogen-bond acceptors (Lipinski definition) is 5. The van der Waals surface area contributed by atoms with Crippen LogP contribution in [-0.2, 0) is 6.42 Å². The van der Waals surface area contributed by atoms with Gasteiger partial charge in [0.05, 0.1) is 17.2 Å². The molecule has 2 heterocycles. The fraction of sp³-hybridized carbons (Fsp3) is 0.200. The Morgan fingerprint density at radius 1 is 1.40 bits per heavy atom. The summed E-state index contributed by atoms with van der Waals surface area (Å²) in [4.78, 5) is 8.49. The molecule has 0 aliphatic heterocycles. The third-order valence-corrected chi connectivity index (χ3v) is 2.75. The molecule has 1 atom stereocenters. The van der Waals surface area contributed by atoms with E-state index in [1.165, 1.54) is 0 Å². The van der Waals surface area contributed by atoms with Crippen molar-refractivity contribution in [2.24, 2.45) is 5.84 Å². The molecule has 0 spiro atoms. The molecule has 0 amide bonds. The number of nitrogens with two attached hydrogens (primary N) is 1. The van der Waals surface area contributed by atoms with Crippen LogP contribution in [0.5, 0.6) is 0 Å². The van der Waals surface area contributed by atoms with Crippen LogP contribution in [0, 0.1) is 0 Å². The van der Waals surface area contributed by atoms with Gasteiger partial charge in [-0.2, -0.15) is 0 Å². The quantitative estimate of drug-likeness (QED) is 0.602. The number of thiazole rings is 1. The molecule has 4 nitrogen and oxygen atoms in total. The molecule has 2 aromatic heterocycles. The normalized spacial score (nSPS) is 12.6. The summed E-state index contributed by atoms with van der Waals surface area (Å²) in [6.07, 6.45) is 2.53. The zero-order valence-electron chi connectivity index (χ0n) is 8.13. The maximum absolute atomic E-state index is 5.50. The van der Waals surface area contributed by atoms with Gasteiger partial charge in [0.1, 0.15) is 0 Å². The van der Waals surface area contributed by atoms with Crippen LogP contribution >= 0.6 is 11.3 Å². The van der Waals surface area contributed by atoms with E-state index in [4.69, 9.17) is 5.84 Å². The standard InChI is InChI=1S/C10H12N4S/c11-14-9(10-6-15-7-13-10)5-8-3-1-2-4-12-8/h1-4,6-7,9,14H,5,11H2. The Kier molecular flexibility index (Phi) is 3.39. The summed E-state index contributed by atoms with van der Waals surface area (Å²) in [5.74, 6) is 5.50. The highest BCUT2D eigenvalue weighted by atomic mass is 32.1. The predicted molar refractivity (Wildman–Crippen MR) is 60.1 cm³/mol. The van der Waals surface area contributed by atoms with Gasteiger partial charge in [-0.15, -0.1) is 11.3 Å². The second kappa shape index (κ2) is 4.97. The monoisotopic (exact) mass is 220 g/mol. The number of hydrogen-bond donors (Lipinski definition) is 2. The van der Waals surface area contributed by atoms with Crippen LogP contribution in [0.3, 0.4) is 0 Å². The van der Waals surface area contributed by atoms with Gasteiger partial charge in [-0.3, -0.25) is 16.3 Å². The highest BCUT2D eigenvalue weighted by Gasteiger charge is 2.12. The van der Waals surface area contributed by atoms with Gasteiger partial charge in [-0.25, -0.2) is 4.98 Å². The van der Waals surface area contributed by atoms with Crippen molar-refractivity contribution in [1.29, 1.82) is 0 Å². The van der Waals surface area contributed by atoms with Crippen LogP contribution in [0.1, 0.15) is 17.4 Å². The van der Waals surface area contributed by atoms with Crippen molar-refractivity contribution in [1.82, 2.24) is 15.4 Å². The molecule has 3 N–H and O–H groups in total. The summed E-state index contributed by atoms with van der Waals surface area (Å²) in [5, 5.41) is 1.99. The first kappa shape index (κ1) is 10.2. The first-order valence-electron chi connectivity index (χ1n) is 4.64. The second-order valence-corrected chi connectivity index (χ2v) is 3.88. The highest BCUT2D eigenvalue weighted by Crippen LogP contribution is 2.16. The molecular weight excluding hydrogens is 208 g/mol. The zero-order valence-corrected chi connectivity index (χ0v) is 8.95. The maximum atomic E-state index is 5.50. The molecule has 0 bridgehead atoms. The molecule has 78 valence electrons. The van der Waals surface area contributed by atoms with Crippen molar-refractivity contribution < 1.29 is 0 Å². The van der Waals surface area contributed by atoms with Crippen LogP contribution in [0.2, 0.25) is 0 Å². The van der Waals surface area contributed by atoms with E-state index in [0.717, 1.165) is 17.8 Å². The molecule has 2 rings (SSSR count). The summed E-state index contributed by atoms with van der Waals surface area (Å²) < 4.78 is 0. The molecule has 0 aliphatic carbocycles. The van der Waals surface area contributed by atoms with Gasteiger partial charge in [0.2, 0.25) is 0 Å². The fourth-order valence-electron chi connectivity index (χ4n) is 1.37. The average molecular weight is 220 g/mol. The molecule has 15 heavy (non-hydrogen) atoms. The van der Waals surface area contributed by atoms with Crippen molar-refractivity contribution >= 4 is 11.3 Å². The van der Waals surface area contributed by atoms with Gasteiger partial charge in [-0.1, -0.05) is 6.07 Å². The lowest BCUT2D eigenvalue weighted by molar-refractivity contribution is 0.535. The van der Waals surface area contributed by atoms with E-state index in [0.29, 0.717) is 0 Å². The zero-order chi connectivity index (χ0) is 10.5. The van der Waals surface area contributed by atoms with E-state index in [9.17, 15) is 0 Å². The minimum atomic E-state index is 0.0335. The smallest absolute Gasteiger partial charge is 0.0795 e. The third-order valence-electron chi connectivity index (χ3n) is 2.15. The van der Waals surface area contributed by atoms with Crippen LogP contribution in [-0.4, -0.2) is 9.97 Å². The Hall–Kier alpha value is -1.30. The van der Waals surface area contributed by atoms with E-state index in [-0.39, 0.29) is 6.04 Å². The average Bonchev–Trinajstić information content (AvgIpc) is 2.81. The van der Waals surface area contributed by atoms with E-state index in [1.54, 1.807) is 23.0 Å². The lowest BCUT2D eigenvalue weighted by atomic mass is 10.1. The number of hydrazine groups is 1. The maximum Gasteiger partial charge on any atom is 0.0795 e. The van der Waals surface area contributed by atoms with Gasteiger partial charge >= 0.3 is 0 Å². The summed E-state index contributed by atoms with van der Waals surface area (Å²) >= 11 is 1.57. The molecule has 1 unspecified atom stereocenters. The Morgan fingerprint density at radius 3 is 2.93 bits per heavy atom. The largest absolute Gasteiger partial charge is 0.271 e. The summed E-state index contributed by atoms with van der Waals surface area (Å²) in [6.45, 7) is 0. The van der Waals surface area contributed by atoms with Crippen LogP contribution in [0.15, 0.2) is 35.3 Å². The number of aromatic nitrogens is 2. The Balaban J connectivity index is 2.10. The lowest BCUT2D eigenvalue weighted by Crippen LogP contribution is -2.30. The Morgan fingerprint density at radius 2 is 2.33 bits per heavy atom. The summed E-state index contributed by atoms with van der Waals surface area (Å²) in [7, 11) is 0. The highest BCUT2D eigenvalue weighted by molar-refractivity contribution is 7.07. The topological polar surface area (TPSA) is 63.8 Å². The van der Waals surface area contributed by atoms with Crippen LogP contribution < -0.4 is 11.3 Å². The Labute approximate surface area is 92.2 Å². The molecule has 0 aromatic carbocycles. The van der Waals surface area contributed by atoms with E-state index < -0.39 is 0 Å². The van der Waals surface area contributed by atoms with Crippen LogP contribution in [0.25, 0.3) is 0 Å². The molecule has 0 aliphatic rings. The first-order chi connectivity index (χ1) is 7.40. The Bertz CT molecular complexity index is 387. The van der Waals surface area contributed by atoms with E-state index >= 15 is 0 Å². The number of nitrogens with one attached hydrogen (secondary N) is 1.